The third-order valence-electron chi connectivity index (χ3n) is 7.35. The quantitative estimate of drug-likeness (QED) is 0.486. The Kier molecular flexibility index (Phi) is 5.83. The van der Waals surface area contributed by atoms with E-state index in [0.29, 0.717) is 5.76 Å². The molecule has 1 atom stereocenters. The van der Waals surface area contributed by atoms with E-state index in [9.17, 15) is 4.79 Å². The Morgan fingerprint density at radius 3 is 2.76 bits per heavy atom. The van der Waals surface area contributed by atoms with Crippen molar-refractivity contribution in [1.29, 1.82) is 0 Å². The molecule has 178 valence electrons. The van der Waals surface area contributed by atoms with E-state index in [1.807, 2.05) is 6.07 Å². The van der Waals surface area contributed by atoms with E-state index < -0.39 is 0 Å². The number of rotatable bonds is 5. The minimum atomic E-state index is -0.193. The molecule has 3 aliphatic rings. The Balaban J connectivity index is 1.46. The Hall–Kier alpha value is -2.77. The van der Waals surface area contributed by atoms with Crippen LogP contribution in [0.1, 0.15) is 70.8 Å². The summed E-state index contributed by atoms with van der Waals surface area (Å²) in [6.45, 7) is 4.68. The van der Waals surface area contributed by atoms with Crippen LogP contribution in [0.3, 0.4) is 0 Å². The average Bonchev–Trinajstić information content (AvgIpc) is 3.61. The number of benzene rings is 1. The zero-order chi connectivity index (χ0) is 23.1. The van der Waals surface area contributed by atoms with E-state index >= 15 is 0 Å². The van der Waals surface area contributed by atoms with Crippen LogP contribution in [-0.4, -0.2) is 30.7 Å². The van der Waals surface area contributed by atoms with Crippen molar-refractivity contribution in [3.63, 3.8) is 0 Å². The normalized spacial score (nSPS) is 19.1. The van der Waals surface area contributed by atoms with Gasteiger partial charge in [-0.1, -0.05) is 13.0 Å². The first-order valence-corrected chi connectivity index (χ1v) is 13.1. The molecule has 6 rings (SSSR count). The number of amides is 1. The molecule has 7 heteroatoms. The number of nitrogens with one attached hydrogen (secondary N) is 1. The lowest BCUT2D eigenvalue weighted by Gasteiger charge is -2.38. The van der Waals surface area contributed by atoms with Gasteiger partial charge in [-0.25, -0.2) is 0 Å². The number of furan rings is 1. The second kappa shape index (κ2) is 9.12. The van der Waals surface area contributed by atoms with Gasteiger partial charge in [0.2, 0.25) is 6.79 Å². The molecule has 1 amide bonds. The van der Waals surface area contributed by atoms with E-state index in [2.05, 4.69) is 29.3 Å². The highest BCUT2D eigenvalue weighted by Crippen LogP contribution is 2.47. The molecule has 1 aliphatic carbocycles. The number of aryl methyl sites for hydroxylation is 1. The monoisotopic (exact) mass is 478 g/mol. The van der Waals surface area contributed by atoms with Crippen molar-refractivity contribution in [3.8, 4) is 11.5 Å². The maximum absolute atomic E-state index is 13.0. The average molecular weight is 479 g/mol. The second-order valence-electron chi connectivity index (χ2n) is 9.62. The summed E-state index contributed by atoms with van der Waals surface area (Å²) < 4.78 is 16.7. The second-order valence-corrected chi connectivity index (χ2v) is 10.7. The fraction of sp³-hybridized carbons (Fsp3) is 0.444. The Morgan fingerprint density at radius 2 is 1.94 bits per heavy atom. The Morgan fingerprint density at radius 1 is 1.12 bits per heavy atom. The summed E-state index contributed by atoms with van der Waals surface area (Å²) in [7, 11) is 0. The van der Waals surface area contributed by atoms with Crippen LogP contribution in [0.2, 0.25) is 0 Å². The summed E-state index contributed by atoms with van der Waals surface area (Å²) >= 11 is 1.74. The number of thiophene rings is 1. The van der Waals surface area contributed by atoms with Crippen molar-refractivity contribution >= 4 is 22.2 Å². The van der Waals surface area contributed by atoms with E-state index in [1.54, 1.807) is 29.7 Å². The zero-order valence-corrected chi connectivity index (χ0v) is 20.3. The molecule has 3 aromatic rings. The molecule has 0 saturated carbocycles. The molecule has 1 fully saturated rings. The highest BCUT2D eigenvalue weighted by Gasteiger charge is 2.34. The minimum absolute atomic E-state index is 0.0620. The number of anilines is 1. The topological polar surface area (TPSA) is 63.9 Å². The number of carbonyl (C=O) groups is 1. The molecule has 2 aromatic heterocycles. The summed E-state index contributed by atoms with van der Waals surface area (Å²) in [6, 6.07) is 9.85. The van der Waals surface area contributed by atoms with Crippen LogP contribution < -0.4 is 14.8 Å². The van der Waals surface area contributed by atoms with Crippen molar-refractivity contribution in [2.45, 2.75) is 51.5 Å². The summed E-state index contributed by atoms with van der Waals surface area (Å²) in [5.41, 5.74) is 3.87. The molecule has 0 radical (unpaired) electrons. The van der Waals surface area contributed by atoms with E-state index in [0.717, 1.165) is 48.3 Å². The van der Waals surface area contributed by atoms with Crippen molar-refractivity contribution in [2.75, 3.05) is 25.2 Å². The van der Waals surface area contributed by atoms with Crippen LogP contribution in [0, 0.1) is 5.92 Å². The molecule has 34 heavy (non-hydrogen) atoms. The van der Waals surface area contributed by atoms with Gasteiger partial charge in [-0.15, -0.1) is 11.3 Å². The lowest BCUT2D eigenvalue weighted by Crippen LogP contribution is -2.37. The van der Waals surface area contributed by atoms with Gasteiger partial charge in [0, 0.05) is 10.4 Å². The maximum Gasteiger partial charge on any atom is 0.291 e. The number of fused-ring (bicyclic) bond motifs is 2. The van der Waals surface area contributed by atoms with Crippen molar-refractivity contribution in [1.82, 2.24) is 4.90 Å². The molecular weight excluding hydrogens is 448 g/mol. The van der Waals surface area contributed by atoms with Crippen LogP contribution >= 0.6 is 11.3 Å². The van der Waals surface area contributed by atoms with Crippen molar-refractivity contribution < 1.29 is 18.7 Å². The van der Waals surface area contributed by atoms with Gasteiger partial charge >= 0.3 is 0 Å². The van der Waals surface area contributed by atoms with Crippen LogP contribution in [-0.2, 0) is 12.8 Å². The van der Waals surface area contributed by atoms with Crippen LogP contribution in [0.4, 0.5) is 5.00 Å². The number of hydrogen-bond acceptors (Lipinski definition) is 6. The highest BCUT2D eigenvalue weighted by atomic mass is 32.1. The van der Waals surface area contributed by atoms with Gasteiger partial charge in [-0.2, -0.15) is 0 Å². The summed E-state index contributed by atoms with van der Waals surface area (Å²) in [5.74, 6) is 2.49. The number of nitrogens with zero attached hydrogens (tertiary/aromatic N) is 1. The summed E-state index contributed by atoms with van der Waals surface area (Å²) in [4.78, 5) is 17.0. The predicted octanol–water partition coefficient (Wildman–Crippen LogP) is 6.02. The first kappa shape index (κ1) is 21.7. The van der Waals surface area contributed by atoms with Gasteiger partial charge < -0.3 is 19.2 Å². The third-order valence-corrected chi connectivity index (χ3v) is 8.58. The lowest BCUT2D eigenvalue weighted by molar-refractivity contribution is 0.0996. The Labute approximate surface area is 203 Å². The fourth-order valence-electron chi connectivity index (χ4n) is 5.47. The van der Waals surface area contributed by atoms with Gasteiger partial charge in [0.05, 0.1) is 12.3 Å². The molecular formula is C27H30N2O4S. The van der Waals surface area contributed by atoms with Crippen LogP contribution in [0.25, 0.3) is 0 Å². The molecule has 2 aliphatic heterocycles. The van der Waals surface area contributed by atoms with Crippen molar-refractivity contribution in [3.05, 3.63) is 63.9 Å². The lowest BCUT2D eigenvalue weighted by atomic mass is 9.87. The van der Waals surface area contributed by atoms with Gasteiger partial charge in [0.25, 0.3) is 5.91 Å². The van der Waals surface area contributed by atoms with E-state index in [-0.39, 0.29) is 18.7 Å². The third kappa shape index (κ3) is 4.01. The standard InChI is InChI=1S/C27H30N2O4S/c1-17-10-12-29(13-11-17)25(18-8-9-20-22(15-18)33-16-32-20)24-19-5-2-3-7-23(19)34-27(24)28-26(30)21-6-4-14-31-21/h4,6,8-9,14-15,17,25H,2-3,5,7,10-13,16H2,1H3,(H,28,30)/t25-/m1/s1. The number of carbonyl (C=O) groups excluding carboxylic acids is 1. The van der Waals surface area contributed by atoms with Gasteiger partial charge in [-0.3, -0.25) is 9.69 Å². The van der Waals surface area contributed by atoms with E-state index in [1.165, 1.54) is 47.3 Å². The Bertz CT molecular complexity index is 1180. The van der Waals surface area contributed by atoms with Gasteiger partial charge in [0.1, 0.15) is 5.00 Å². The van der Waals surface area contributed by atoms with Crippen molar-refractivity contribution in [2.24, 2.45) is 5.92 Å². The molecule has 1 saturated heterocycles. The highest BCUT2D eigenvalue weighted by molar-refractivity contribution is 7.16. The molecule has 0 spiro atoms. The molecule has 4 heterocycles. The van der Waals surface area contributed by atoms with E-state index in [4.69, 9.17) is 13.9 Å². The summed E-state index contributed by atoms with van der Waals surface area (Å²) in [5, 5.41) is 4.18. The van der Waals surface area contributed by atoms with Gasteiger partial charge in [0.15, 0.2) is 17.3 Å². The molecule has 0 bridgehead atoms. The SMILES string of the molecule is CC1CCN([C@H](c2ccc3c(c2)OCO3)c2c(NC(=O)c3ccco3)sc3c2CCCC3)CC1. The number of ether oxygens (including phenoxy) is 2. The fourth-order valence-corrected chi connectivity index (χ4v) is 6.79. The first-order valence-electron chi connectivity index (χ1n) is 12.3. The zero-order valence-electron chi connectivity index (χ0n) is 19.5. The summed E-state index contributed by atoms with van der Waals surface area (Å²) in [6.07, 6.45) is 8.43. The molecule has 0 unspecified atom stereocenters. The minimum Gasteiger partial charge on any atom is -0.459 e. The number of hydrogen-bond donors (Lipinski definition) is 1. The predicted molar refractivity (Wildman–Crippen MR) is 132 cm³/mol. The first-order chi connectivity index (χ1) is 16.7. The number of likely N-dealkylation sites (tertiary alicyclic amines) is 1. The van der Waals surface area contributed by atoms with Gasteiger partial charge in [-0.05, 0) is 92.9 Å². The smallest absolute Gasteiger partial charge is 0.291 e. The molecule has 1 N–H and O–H groups in total. The largest absolute Gasteiger partial charge is 0.459 e. The van der Waals surface area contributed by atoms with Crippen LogP contribution in [0.5, 0.6) is 11.5 Å². The molecule has 1 aromatic carbocycles. The number of piperidine rings is 1. The maximum atomic E-state index is 13.0. The molecule has 6 nitrogen and oxygen atoms in total. The van der Waals surface area contributed by atoms with Crippen LogP contribution in [0.15, 0.2) is 41.0 Å².